The third kappa shape index (κ3) is 4.56. The van der Waals surface area contributed by atoms with E-state index in [1.54, 1.807) is 13.0 Å². The summed E-state index contributed by atoms with van der Waals surface area (Å²) in [4.78, 5) is 27.4. The second-order valence-electron chi connectivity index (χ2n) is 4.56. The Morgan fingerprint density at radius 2 is 2.04 bits per heavy atom. The van der Waals surface area contributed by atoms with Gasteiger partial charge in [-0.25, -0.2) is 13.6 Å². The molecule has 0 atom stereocenters. The molecule has 8 heteroatoms. The average Bonchev–Trinajstić information content (AvgIpc) is 2.49. The molecule has 5 nitrogen and oxygen atoms in total. The van der Waals surface area contributed by atoms with Gasteiger partial charge in [-0.1, -0.05) is 0 Å². The molecule has 0 bridgehead atoms. The van der Waals surface area contributed by atoms with Crippen LogP contribution in [0.2, 0.25) is 0 Å². The van der Waals surface area contributed by atoms with Crippen LogP contribution in [0.25, 0.3) is 0 Å². The van der Waals surface area contributed by atoms with Crippen molar-refractivity contribution in [3.63, 3.8) is 0 Å². The predicted molar refractivity (Wildman–Crippen MR) is 81.9 cm³/mol. The van der Waals surface area contributed by atoms with Crippen LogP contribution in [0.1, 0.15) is 16.1 Å². The van der Waals surface area contributed by atoms with Crippen LogP contribution in [0.3, 0.4) is 0 Å². The molecule has 1 aromatic carbocycles. The maximum Gasteiger partial charge on any atom is 0.340 e. The zero-order valence-corrected chi connectivity index (χ0v) is 13.5. The largest absolute Gasteiger partial charge is 0.452 e. The van der Waals surface area contributed by atoms with Crippen LogP contribution in [-0.2, 0) is 9.53 Å². The molecule has 0 aliphatic heterocycles. The van der Waals surface area contributed by atoms with Gasteiger partial charge in [0.1, 0.15) is 5.82 Å². The number of esters is 1. The monoisotopic (exact) mass is 384 g/mol. The highest BCUT2D eigenvalue weighted by Crippen LogP contribution is 2.26. The SMILES string of the molecule is Cc1ccc(C(=O)OCC(=O)Nc2c(F)cc(F)cc2Br)cn1. The molecule has 1 aromatic heterocycles. The van der Waals surface area contributed by atoms with Crippen molar-refractivity contribution in [2.45, 2.75) is 6.92 Å². The van der Waals surface area contributed by atoms with Crippen molar-refractivity contribution in [2.75, 3.05) is 11.9 Å². The first-order valence-corrected chi connectivity index (χ1v) is 7.20. The van der Waals surface area contributed by atoms with E-state index in [0.29, 0.717) is 6.07 Å². The summed E-state index contributed by atoms with van der Waals surface area (Å²) in [5.41, 5.74) is 0.693. The molecule has 1 N–H and O–H groups in total. The fourth-order valence-electron chi connectivity index (χ4n) is 1.64. The standard InChI is InChI=1S/C15H11BrF2N2O3/c1-8-2-3-9(6-19-8)15(22)23-7-13(21)20-14-11(16)4-10(17)5-12(14)18/h2-6H,7H2,1H3,(H,20,21). The van der Waals surface area contributed by atoms with Gasteiger partial charge in [-0.2, -0.15) is 0 Å². The van der Waals surface area contributed by atoms with Crippen molar-refractivity contribution >= 4 is 33.5 Å². The van der Waals surface area contributed by atoms with Gasteiger partial charge in [-0.05, 0) is 41.1 Å². The summed E-state index contributed by atoms with van der Waals surface area (Å²) in [6.45, 7) is 1.15. The second kappa shape index (κ2) is 7.28. The topological polar surface area (TPSA) is 68.3 Å². The van der Waals surface area contributed by atoms with Crippen molar-refractivity contribution in [1.29, 1.82) is 0 Å². The number of carbonyl (C=O) groups excluding carboxylic acids is 2. The number of amides is 1. The maximum absolute atomic E-state index is 13.6. The molecule has 0 unspecified atom stereocenters. The lowest BCUT2D eigenvalue weighted by Crippen LogP contribution is -2.21. The number of ether oxygens (including phenoxy) is 1. The predicted octanol–water partition coefficient (Wildman–Crippen LogP) is 3.23. The number of aryl methyl sites for hydroxylation is 1. The summed E-state index contributed by atoms with van der Waals surface area (Å²) >= 11 is 2.94. The van der Waals surface area contributed by atoms with Gasteiger partial charge in [0.15, 0.2) is 12.4 Å². The number of hydrogen-bond donors (Lipinski definition) is 1. The highest BCUT2D eigenvalue weighted by molar-refractivity contribution is 9.10. The van der Waals surface area contributed by atoms with E-state index in [0.717, 1.165) is 11.8 Å². The first kappa shape index (κ1) is 17.0. The number of pyridine rings is 1. The lowest BCUT2D eigenvalue weighted by molar-refractivity contribution is -0.119. The Bertz CT molecular complexity index is 728. The number of halogens is 3. The summed E-state index contributed by atoms with van der Waals surface area (Å²) in [6, 6.07) is 4.77. The van der Waals surface area contributed by atoms with Gasteiger partial charge in [-0.15, -0.1) is 0 Å². The van der Waals surface area contributed by atoms with E-state index in [1.807, 2.05) is 0 Å². The number of rotatable bonds is 4. The van der Waals surface area contributed by atoms with Crippen molar-refractivity contribution < 1.29 is 23.1 Å². The van der Waals surface area contributed by atoms with E-state index < -0.39 is 30.1 Å². The third-order valence-corrected chi connectivity index (χ3v) is 3.38. The van der Waals surface area contributed by atoms with Gasteiger partial charge in [0.05, 0.1) is 11.3 Å². The number of nitrogens with one attached hydrogen (secondary N) is 1. The molecule has 0 aliphatic rings. The molecule has 2 rings (SSSR count). The van der Waals surface area contributed by atoms with Crippen LogP contribution >= 0.6 is 15.9 Å². The molecule has 0 saturated heterocycles. The summed E-state index contributed by atoms with van der Waals surface area (Å²) in [5, 5.41) is 2.20. The lowest BCUT2D eigenvalue weighted by Gasteiger charge is -2.09. The fraction of sp³-hybridized carbons (Fsp3) is 0.133. The fourth-order valence-corrected chi connectivity index (χ4v) is 2.15. The minimum Gasteiger partial charge on any atom is -0.452 e. The summed E-state index contributed by atoms with van der Waals surface area (Å²) in [5.74, 6) is -3.22. The van der Waals surface area contributed by atoms with E-state index in [-0.39, 0.29) is 15.7 Å². The molecule has 0 fully saturated rings. The summed E-state index contributed by atoms with van der Waals surface area (Å²) in [6.07, 6.45) is 1.33. The molecule has 1 amide bonds. The maximum atomic E-state index is 13.6. The number of carbonyl (C=O) groups is 2. The second-order valence-corrected chi connectivity index (χ2v) is 5.41. The Labute approximate surface area is 138 Å². The smallest absolute Gasteiger partial charge is 0.340 e. The van der Waals surface area contributed by atoms with E-state index >= 15 is 0 Å². The Morgan fingerprint density at radius 1 is 1.30 bits per heavy atom. The van der Waals surface area contributed by atoms with Crippen LogP contribution in [0.5, 0.6) is 0 Å². The molecular formula is C15H11BrF2N2O3. The van der Waals surface area contributed by atoms with Crippen LogP contribution in [-0.4, -0.2) is 23.5 Å². The number of hydrogen-bond acceptors (Lipinski definition) is 4. The Kier molecular flexibility index (Phi) is 5.38. The summed E-state index contributed by atoms with van der Waals surface area (Å²) in [7, 11) is 0. The van der Waals surface area contributed by atoms with Gasteiger partial charge >= 0.3 is 5.97 Å². The van der Waals surface area contributed by atoms with E-state index in [1.165, 1.54) is 12.3 Å². The van der Waals surface area contributed by atoms with Gasteiger partial charge < -0.3 is 10.1 Å². The van der Waals surface area contributed by atoms with Crippen LogP contribution in [0.15, 0.2) is 34.9 Å². The van der Waals surface area contributed by atoms with Gasteiger partial charge in [0, 0.05) is 22.4 Å². The van der Waals surface area contributed by atoms with E-state index in [9.17, 15) is 18.4 Å². The minimum absolute atomic E-state index is 0.0393. The first-order chi connectivity index (χ1) is 10.9. The van der Waals surface area contributed by atoms with Crippen molar-refractivity contribution in [1.82, 2.24) is 4.98 Å². The van der Waals surface area contributed by atoms with Crippen molar-refractivity contribution in [2.24, 2.45) is 0 Å². The molecule has 0 aliphatic carbocycles. The third-order valence-electron chi connectivity index (χ3n) is 2.75. The zero-order valence-electron chi connectivity index (χ0n) is 11.9. The number of benzene rings is 1. The van der Waals surface area contributed by atoms with Crippen LogP contribution in [0, 0.1) is 18.6 Å². The normalized spacial score (nSPS) is 10.3. The minimum atomic E-state index is -0.945. The van der Waals surface area contributed by atoms with Gasteiger partial charge in [0.2, 0.25) is 0 Å². The first-order valence-electron chi connectivity index (χ1n) is 6.41. The molecule has 1 heterocycles. The molecule has 0 saturated carbocycles. The quantitative estimate of drug-likeness (QED) is 0.821. The number of aromatic nitrogens is 1. The van der Waals surface area contributed by atoms with Crippen molar-refractivity contribution in [3.05, 3.63) is 57.8 Å². The van der Waals surface area contributed by atoms with Gasteiger partial charge in [0.25, 0.3) is 5.91 Å². The number of nitrogens with zero attached hydrogens (tertiary/aromatic N) is 1. The molecule has 0 spiro atoms. The highest BCUT2D eigenvalue weighted by Gasteiger charge is 2.15. The lowest BCUT2D eigenvalue weighted by atomic mass is 10.2. The average molecular weight is 385 g/mol. The number of anilines is 1. The van der Waals surface area contributed by atoms with Crippen LogP contribution < -0.4 is 5.32 Å². The Morgan fingerprint density at radius 3 is 2.65 bits per heavy atom. The summed E-state index contributed by atoms with van der Waals surface area (Å²) < 4.78 is 31.4. The molecule has 120 valence electrons. The highest BCUT2D eigenvalue weighted by atomic mass is 79.9. The zero-order chi connectivity index (χ0) is 17.0. The van der Waals surface area contributed by atoms with Gasteiger partial charge in [-0.3, -0.25) is 9.78 Å². The van der Waals surface area contributed by atoms with Crippen LogP contribution in [0.4, 0.5) is 14.5 Å². The Balaban J connectivity index is 1.95. The van der Waals surface area contributed by atoms with E-state index in [4.69, 9.17) is 4.74 Å². The molecule has 23 heavy (non-hydrogen) atoms. The molecule has 2 aromatic rings. The van der Waals surface area contributed by atoms with Crippen molar-refractivity contribution in [3.8, 4) is 0 Å². The molecular weight excluding hydrogens is 374 g/mol. The molecule has 0 radical (unpaired) electrons. The van der Waals surface area contributed by atoms with E-state index in [2.05, 4.69) is 26.2 Å². The Hall–Kier alpha value is -2.35.